The van der Waals surface area contributed by atoms with Crippen molar-refractivity contribution in [3.05, 3.63) is 0 Å². The Balaban J connectivity index is 1.66. The van der Waals surface area contributed by atoms with Crippen molar-refractivity contribution < 1.29 is 4.74 Å². The zero-order valence-electron chi connectivity index (χ0n) is 14.6. The first-order chi connectivity index (χ1) is 11.3. The molecule has 0 aromatic carbocycles. The maximum absolute atomic E-state index is 6.36. The third-order valence-corrected chi connectivity index (χ3v) is 5.93. The number of nitrogens with two attached hydrogens (primary N) is 1. The van der Waals surface area contributed by atoms with Gasteiger partial charge in [0.15, 0.2) is 5.96 Å². The van der Waals surface area contributed by atoms with Gasteiger partial charge in [-0.05, 0) is 25.7 Å². The van der Waals surface area contributed by atoms with Crippen LogP contribution >= 0.6 is 0 Å². The Hall–Kier alpha value is -0.810. The molecule has 132 valence electrons. The van der Waals surface area contributed by atoms with Gasteiger partial charge in [-0.15, -0.1) is 0 Å². The van der Waals surface area contributed by atoms with E-state index in [1.807, 2.05) is 0 Å². The summed E-state index contributed by atoms with van der Waals surface area (Å²) in [5.41, 5.74) is 6.59. The van der Waals surface area contributed by atoms with Crippen LogP contribution in [0, 0.1) is 0 Å². The quantitative estimate of drug-likeness (QED) is 0.639. The topological polar surface area (TPSA) is 54.1 Å². The van der Waals surface area contributed by atoms with Gasteiger partial charge in [-0.3, -0.25) is 9.89 Å². The molecule has 0 atom stereocenters. The van der Waals surface area contributed by atoms with Crippen molar-refractivity contribution in [1.29, 1.82) is 0 Å². The Morgan fingerprint density at radius 3 is 2.13 bits per heavy atom. The number of hydrogen-bond acceptors (Lipinski definition) is 3. The Labute approximate surface area is 141 Å². The molecule has 3 fully saturated rings. The van der Waals surface area contributed by atoms with Gasteiger partial charge in [-0.25, -0.2) is 0 Å². The van der Waals surface area contributed by atoms with Crippen molar-refractivity contribution >= 4 is 5.96 Å². The second-order valence-corrected chi connectivity index (χ2v) is 7.46. The van der Waals surface area contributed by atoms with Crippen LogP contribution < -0.4 is 5.73 Å². The molecule has 3 rings (SSSR count). The minimum absolute atomic E-state index is 0.235. The lowest BCUT2D eigenvalue weighted by atomic mass is 9.80. The summed E-state index contributed by atoms with van der Waals surface area (Å²) in [7, 11) is 0. The van der Waals surface area contributed by atoms with Crippen LogP contribution in [0.3, 0.4) is 0 Å². The Bertz CT molecular complexity index is 378. The summed E-state index contributed by atoms with van der Waals surface area (Å²) in [6.45, 7) is 6.88. The van der Waals surface area contributed by atoms with Gasteiger partial charge in [0.25, 0.3) is 0 Å². The average Bonchev–Trinajstić information content (AvgIpc) is 2.91. The molecule has 2 aliphatic heterocycles. The minimum Gasteiger partial charge on any atom is -0.379 e. The van der Waals surface area contributed by atoms with Crippen molar-refractivity contribution in [1.82, 2.24) is 9.80 Å². The van der Waals surface area contributed by atoms with Gasteiger partial charge in [0, 0.05) is 31.7 Å². The predicted molar refractivity (Wildman–Crippen MR) is 94.7 cm³/mol. The number of ether oxygens (including phenoxy) is 1. The lowest BCUT2D eigenvalue weighted by Crippen LogP contribution is -2.56. The van der Waals surface area contributed by atoms with Crippen molar-refractivity contribution in [2.24, 2.45) is 10.7 Å². The van der Waals surface area contributed by atoms with E-state index in [4.69, 9.17) is 15.5 Å². The van der Waals surface area contributed by atoms with E-state index in [2.05, 4.69) is 9.80 Å². The summed E-state index contributed by atoms with van der Waals surface area (Å²) < 4.78 is 5.56. The van der Waals surface area contributed by atoms with Crippen LogP contribution in [0.15, 0.2) is 4.99 Å². The molecule has 2 saturated heterocycles. The molecule has 0 spiro atoms. The summed E-state index contributed by atoms with van der Waals surface area (Å²) in [5.74, 6) is 0.783. The maximum Gasteiger partial charge on any atom is 0.191 e. The minimum atomic E-state index is 0.235. The SMILES string of the molecule is NC(=NCC1(N2CCOCC2)CCCCC1)N1CCCCCC1. The molecule has 0 radical (unpaired) electrons. The van der Waals surface area contributed by atoms with E-state index in [0.717, 1.165) is 51.9 Å². The smallest absolute Gasteiger partial charge is 0.191 e. The van der Waals surface area contributed by atoms with Crippen LogP contribution in [0.25, 0.3) is 0 Å². The molecule has 3 aliphatic rings. The van der Waals surface area contributed by atoms with Crippen LogP contribution in [0.2, 0.25) is 0 Å². The average molecular weight is 322 g/mol. The van der Waals surface area contributed by atoms with Gasteiger partial charge < -0.3 is 15.4 Å². The Morgan fingerprint density at radius 1 is 0.870 bits per heavy atom. The van der Waals surface area contributed by atoms with E-state index in [-0.39, 0.29) is 5.54 Å². The highest BCUT2D eigenvalue weighted by Gasteiger charge is 2.38. The Kier molecular flexibility index (Phi) is 6.17. The molecule has 23 heavy (non-hydrogen) atoms. The maximum atomic E-state index is 6.36. The van der Waals surface area contributed by atoms with Gasteiger partial charge in [-0.2, -0.15) is 0 Å². The molecule has 2 heterocycles. The molecule has 1 saturated carbocycles. The molecular formula is C18H34N4O. The van der Waals surface area contributed by atoms with Gasteiger partial charge in [-0.1, -0.05) is 32.1 Å². The highest BCUT2D eigenvalue weighted by molar-refractivity contribution is 5.78. The normalized spacial score (nSPS) is 27.7. The second kappa shape index (κ2) is 8.34. The van der Waals surface area contributed by atoms with E-state index in [1.54, 1.807) is 0 Å². The van der Waals surface area contributed by atoms with Crippen molar-refractivity contribution in [2.75, 3.05) is 45.9 Å². The molecule has 0 aromatic rings. The van der Waals surface area contributed by atoms with E-state index < -0.39 is 0 Å². The van der Waals surface area contributed by atoms with Crippen LogP contribution in [0.1, 0.15) is 57.8 Å². The van der Waals surface area contributed by atoms with E-state index in [9.17, 15) is 0 Å². The summed E-state index contributed by atoms with van der Waals surface area (Å²) in [6.07, 6.45) is 11.7. The molecule has 5 heteroatoms. The highest BCUT2D eigenvalue weighted by atomic mass is 16.5. The largest absolute Gasteiger partial charge is 0.379 e. The lowest BCUT2D eigenvalue weighted by Gasteiger charge is -2.47. The number of hydrogen-bond donors (Lipinski definition) is 1. The number of likely N-dealkylation sites (tertiary alicyclic amines) is 1. The van der Waals surface area contributed by atoms with E-state index in [0.29, 0.717) is 0 Å². The van der Waals surface area contributed by atoms with Gasteiger partial charge >= 0.3 is 0 Å². The molecule has 0 bridgehead atoms. The fraction of sp³-hybridized carbons (Fsp3) is 0.944. The number of guanidine groups is 1. The molecular weight excluding hydrogens is 288 g/mol. The summed E-state index contributed by atoms with van der Waals surface area (Å²) >= 11 is 0. The van der Waals surface area contributed by atoms with Gasteiger partial charge in [0.05, 0.1) is 19.8 Å². The van der Waals surface area contributed by atoms with Crippen molar-refractivity contribution in [2.45, 2.75) is 63.3 Å². The number of nitrogens with zero attached hydrogens (tertiary/aromatic N) is 3. The van der Waals surface area contributed by atoms with Crippen LogP contribution in [0.5, 0.6) is 0 Å². The van der Waals surface area contributed by atoms with Gasteiger partial charge in [0.2, 0.25) is 0 Å². The zero-order chi connectivity index (χ0) is 16.0. The third kappa shape index (κ3) is 4.38. The summed E-state index contributed by atoms with van der Waals surface area (Å²) in [5, 5.41) is 0. The number of rotatable bonds is 3. The predicted octanol–water partition coefficient (Wildman–Crippen LogP) is 2.21. The summed E-state index contributed by atoms with van der Waals surface area (Å²) in [4.78, 5) is 9.85. The number of aliphatic imine (C=N–C) groups is 1. The van der Waals surface area contributed by atoms with Crippen LogP contribution in [0.4, 0.5) is 0 Å². The number of morpholine rings is 1. The van der Waals surface area contributed by atoms with E-state index in [1.165, 1.54) is 57.8 Å². The molecule has 2 N–H and O–H groups in total. The molecule has 0 amide bonds. The zero-order valence-corrected chi connectivity index (χ0v) is 14.6. The first kappa shape index (κ1) is 17.0. The molecule has 0 aromatic heterocycles. The fourth-order valence-corrected chi connectivity index (χ4v) is 4.45. The molecule has 0 unspecified atom stereocenters. The third-order valence-electron chi connectivity index (χ3n) is 5.93. The van der Waals surface area contributed by atoms with Crippen molar-refractivity contribution in [3.63, 3.8) is 0 Å². The first-order valence-corrected chi connectivity index (χ1v) is 9.68. The van der Waals surface area contributed by atoms with Crippen LogP contribution in [-0.4, -0.2) is 67.2 Å². The molecule has 5 nitrogen and oxygen atoms in total. The first-order valence-electron chi connectivity index (χ1n) is 9.68. The van der Waals surface area contributed by atoms with Gasteiger partial charge in [0.1, 0.15) is 0 Å². The standard InChI is InChI=1S/C18H34N4O/c19-17(21-10-6-1-2-7-11-21)20-16-18(8-4-3-5-9-18)22-12-14-23-15-13-22/h1-16H2,(H2,19,20). The second-order valence-electron chi connectivity index (χ2n) is 7.46. The summed E-state index contributed by atoms with van der Waals surface area (Å²) in [6, 6.07) is 0. The monoisotopic (exact) mass is 322 g/mol. The van der Waals surface area contributed by atoms with Crippen molar-refractivity contribution in [3.8, 4) is 0 Å². The fourth-order valence-electron chi connectivity index (χ4n) is 4.45. The highest BCUT2D eigenvalue weighted by Crippen LogP contribution is 2.34. The Morgan fingerprint density at radius 2 is 1.48 bits per heavy atom. The van der Waals surface area contributed by atoms with E-state index >= 15 is 0 Å². The molecule has 1 aliphatic carbocycles. The lowest BCUT2D eigenvalue weighted by molar-refractivity contribution is -0.0334. The van der Waals surface area contributed by atoms with Crippen LogP contribution in [-0.2, 0) is 4.74 Å².